The van der Waals surface area contributed by atoms with Crippen molar-refractivity contribution in [2.45, 2.75) is 12.2 Å². The van der Waals surface area contributed by atoms with E-state index in [1.165, 1.54) is 7.05 Å². The predicted octanol–water partition coefficient (Wildman–Crippen LogP) is 0.487. The van der Waals surface area contributed by atoms with Crippen molar-refractivity contribution in [2.75, 3.05) is 13.6 Å². The number of likely N-dealkylation sites (N-methyl/N-ethyl adjacent to an activating group) is 1. The number of aliphatic hydroxyl groups is 2. The van der Waals surface area contributed by atoms with Gasteiger partial charge in [-0.1, -0.05) is 0 Å². The lowest BCUT2D eigenvalue weighted by atomic mass is 10.0. The summed E-state index contributed by atoms with van der Waals surface area (Å²) in [6.45, 7) is -0.0424. The van der Waals surface area contributed by atoms with E-state index in [0.717, 1.165) is 0 Å². The van der Waals surface area contributed by atoms with E-state index in [1.54, 1.807) is 0 Å². The molecule has 0 aliphatic rings. The predicted molar refractivity (Wildman–Crippen MR) is 57.9 cm³/mol. The molecule has 0 saturated heterocycles. The van der Waals surface area contributed by atoms with Crippen LogP contribution in [-0.4, -0.2) is 34.8 Å². The van der Waals surface area contributed by atoms with Gasteiger partial charge in [0.25, 0.3) is 0 Å². The molecule has 18 heavy (non-hydrogen) atoms. The molecule has 2 atom stereocenters. The molecule has 6 nitrogen and oxygen atoms in total. The Labute approximate surface area is 101 Å². The summed E-state index contributed by atoms with van der Waals surface area (Å²) in [5.74, 6) is -2.42. The van der Waals surface area contributed by atoms with Crippen LogP contribution < -0.4 is 5.32 Å². The molecule has 100 valence electrons. The first-order valence-corrected chi connectivity index (χ1v) is 5.02. The number of hydrogen-bond acceptors (Lipinski definition) is 5. The molecule has 1 aromatic rings. The molecule has 3 N–H and O–H groups in total. The SMILES string of the molecule is CNCC(O)C(O)c1cc(F)c([N+](=O)[O-])cc1F. The molecule has 0 heterocycles. The van der Waals surface area contributed by atoms with Gasteiger partial charge in [0, 0.05) is 12.1 Å². The average Bonchev–Trinajstić information content (AvgIpc) is 2.30. The van der Waals surface area contributed by atoms with Gasteiger partial charge in [-0.3, -0.25) is 10.1 Å². The fourth-order valence-corrected chi connectivity index (χ4v) is 1.45. The van der Waals surface area contributed by atoms with E-state index in [0.29, 0.717) is 12.1 Å². The zero-order valence-electron chi connectivity index (χ0n) is 9.43. The number of aliphatic hydroxyl groups excluding tert-OH is 2. The van der Waals surface area contributed by atoms with Crippen molar-refractivity contribution in [3.8, 4) is 0 Å². The smallest absolute Gasteiger partial charge is 0.307 e. The monoisotopic (exact) mass is 262 g/mol. The van der Waals surface area contributed by atoms with Crippen LogP contribution in [0.1, 0.15) is 11.7 Å². The number of nitro groups is 1. The molecule has 0 aliphatic heterocycles. The van der Waals surface area contributed by atoms with Gasteiger partial charge < -0.3 is 15.5 Å². The van der Waals surface area contributed by atoms with E-state index in [4.69, 9.17) is 0 Å². The number of benzene rings is 1. The molecule has 0 radical (unpaired) electrons. The highest BCUT2D eigenvalue weighted by molar-refractivity contribution is 5.37. The summed E-state index contributed by atoms with van der Waals surface area (Å²) < 4.78 is 26.8. The lowest BCUT2D eigenvalue weighted by Gasteiger charge is -2.18. The van der Waals surface area contributed by atoms with E-state index in [2.05, 4.69) is 5.32 Å². The summed E-state index contributed by atoms with van der Waals surface area (Å²) in [5.41, 5.74) is -1.55. The third kappa shape index (κ3) is 2.97. The summed E-state index contributed by atoms with van der Waals surface area (Å²) in [6, 6.07) is 0.886. The van der Waals surface area contributed by atoms with Crippen LogP contribution in [0.5, 0.6) is 0 Å². The molecule has 0 spiro atoms. The maximum atomic E-state index is 13.5. The van der Waals surface area contributed by atoms with Gasteiger partial charge in [0.05, 0.1) is 17.1 Å². The van der Waals surface area contributed by atoms with Gasteiger partial charge in [0.1, 0.15) is 11.9 Å². The number of hydrogen-bond donors (Lipinski definition) is 3. The van der Waals surface area contributed by atoms with Gasteiger partial charge in [-0.2, -0.15) is 4.39 Å². The fraction of sp³-hybridized carbons (Fsp3) is 0.400. The number of rotatable bonds is 5. The molecule has 0 fully saturated rings. The lowest BCUT2D eigenvalue weighted by Crippen LogP contribution is -2.30. The Morgan fingerprint density at radius 3 is 2.50 bits per heavy atom. The summed E-state index contributed by atoms with van der Waals surface area (Å²) in [5, 5.41) is 31.9. The van der Waals surface area contributed by atoms with Crippen molar-refractivity contribution in [2.24, 2.45) is 0 Å². The van der Waals surface area contributed by atoms with Gasteiger partial charge in [-0.15, -0.1) is 0 Å². The van der Waals surface area contributed by atoms with Crippen molar-refractivity contribution in [3.05, 3.63) is 39.4 Å². The Morgan fingerprint density at radius 1 is 1.39 bits per heavy atom. The first-order chi connectivity index (χ1) is 8.38. The minimum absolute atomic E-state index is 0.0424. The third-order valence-electron chi connectivity index (χ3n) is 2.36. The van der Waals surface area contributed by atoms with Gasteiger partial charge in [0.15, 0.2) is 0 Å². The van der Waals surface area contributed by atoms with Crippen molar-refractivity contribution >= 4 is 5.69 Å². The molecule has 1 rings (SSSR count). The van der Waals surface area contributed by atoms with Crippen LogP contribution in [0.25, 0.3) is 0 Å². The van der Waals surface area contributed by atoms with Crippen LogP contribution in [0.3, 0.4) is 0 Å². The Morgan fingerprint density at radius 2 is 2.00 bits per heavy atom. The Bertz CT molecular complexity index is 456. The Kier molecular flexibility index (Phi) is 4.65. The van der Waals surface area contributed by atoms with E-state index in [9.17, 15) is 29.1 Å². The first-order valence-electron chi connectivity index (χ1n) is 5.02. The zero-order valence-corrected chi connectivity index (χ0v) is 9.43. The highest BCUT2D eigenvalue weighted by atomic mass is 19.1. The van der Waals surface area contributed by atoms with Gasteiger partial charge in [-0.25, -0.2) is 4.39 Å². The zero-order chi connectivity index (χ0) is 13.9. The van der Waals surface area contributed by atoms with E-state index in [1.807, 2.05) is 0 Å². The quantitative estimate of drug-likeness (QED) is 0.530. The van der Waals surface area contributed by atoms with Crippen LogP contribution in [0, 0.1) is 21.7 Å². The number of nitrogens with zero attached hydrogens (tertiary/aromatic N) is 1. The summed E-state index contributed by atoms with van der Waals surface area (Å²) in [4.78, 5) is 9.30. The lowest BCUT2D eigenvalue weighted by molar-refractivity contribution is -0.387. The molecule has 8 heteroatoms. The molecule has 0 amide bonds. The van der Waals surface area contributed by atoms with E-state index < -0.39 is 40.0 Å². The van der Waals surface area contributed by atoms with Gasteiger partial charge in [-0.05, 0) is 13.1 Å². The molecule has 0 aromatic heterocycles. The van der Waals surface area contributed by atoms with E-state index >= 15 is 0 Å². The highest BCUT2D eigenvalue weighted by Gasteiger charge is 2.25. The minimum Gasteiger partial charge on any atom is -0.389 e. The van der Waals surface area contributed by atoms with Gasteiger partial charge >= 0.3 is 5.69 Å². The molecular weight excluding hydrogens is 250 g/mol. The Balaban J connectivity index is 3.11. The van der Waals surface area contributed by atoms with Crippen molar-refractivity contribution in [1.82, 2.24) is 5.32 Å². The van der Waals surface area contributed by atoms with Crippen molar-refractivity contribution in [1.29, 1.82) is 0 Å². The number of halogens is 2. The molecule has 0 aliphatic carbocycles. The van der Waals surface area contributed by atoms with Crippen LogP contribution in [0.2, 0.25) is 0 Å². The van der Waals surface area contributed by atoms with Crippen molar-refractivity contribution < 1.29 is 23.9 Å². The van der Waals surface area contributed by atoms with Gasteiger partial charge in [0.2, 0.25) is 5.82 Å². The number of nitro benzene ring substituents is 1. The highest BCUT2D eigenvalue weighted by Crippen LogP contribution is 2.26. The second kappa shape index (κ2) is 5.80. The maximum Gasteiger partial charge on any atom is 0.307 e. The molecule has 1 aromatic carbocycles. The van der Waals surface area contributed by atoms with Crippen LogP contribution in [0.15, 0.2) is 12.1 Å². The second-order valence-electron chi connectivity index (χ2n) is 3.65. The molecule has 0 bridgehead atoms. The summed E-state index contributed by atoms with van der Waals surface area (Å²) in [7, 11) is 1.50. The van der Waals surface area contributed by atoms with Crippen LogP contribution in [0.4, 0.5) is 14.5 Å². The second-order valence-corrected chi connectivity index (χ2v) is 3.65. The topological polar surface area (TPSA) is 95.6 Å². The third-order valence-corrected chi connectivity index (χ3v) is 2.36. The molecule has 2 unspecified atom stereocenters. The summed E-state index contributed by atoms with van der Waals surface area (Å²) in [6.07, 6.45) is -3.03. The minimum atomic E-state index is -1.67. The Hall–Kier alpha value is -1.64. The first kappa shape index (κ1) is 14.4. The number of nitrogens with one attached hydrogen (secondary N) is 1. The summed E-state index contributed by atoms with van der Waals surface area (Å²) >= 11 is 0. The molecule has 0 saturated carbocycles. The average molecular weight is 262 g/mol. The van der Waals surface area contributed by atoms with Crippen LogP contribution in [-0.2, 0) is 0 Å². The normalized spacial score (nSPS) is 14.3. The molecular formula is C10H12F2N2O4. The largest absolute Gasteiger partial charge is 0.389 e. The van der Waals surface area contributed by atoms with E-state index in [-0.39, 0.29) is 6.54 Å². The fourth-order valence-electron chi connectivity index (χ4n) is 1.45. The van der Waals surface area contributed by atoms with Crippen molar-refractivity contribution in [3.63, 3.8) is 0 Å². The standard InChI is InChI=1S/C10H12F2N2O4/c1-13-4-9(15)10(16)5-2-7(12)8(14(17)18)3-6(5)11/h2-3,9-10,13,15-16H,4H2,1H3. The maximum absolute atomic E-state index is 13.5. The van der Waals surface area contributed by atoms with Crippen LogP contribution >= 0.6 is 0 Å².